The van der Waals surface area contributed by atoms with E-state index in [9.17, 15) is 4.79 Å². The molecule has 6 heteroatoms. The zero-order valence-corrected chi connectivity index (χ0v) is 11.0. The molecule has 0 saturated carbocycles. The average Bonchev–Trinajstić information content (AvgIpc) is 3.11. The molecule has 0 unspecified atom stereocenters. The first kappa shape index (κ1) is 11.7. The number of rotatable bonds is 1. The lowest BCUT2D eigenvalue weighted by Crippen LogP contribution is -2.11. The summed E-state index contributed by atoms with van der Waals surface area (Å²) in [6, 6.07) is 8.87. The van der Waals surface area contributed by atoms with Crippen molar-refractivity contribution in [2.24, 2.45) is 0 Å². The Morgan fingerprint density at radius 3 is 2.95 bits per heavy atom. The summed E-state index contributed by atoms with van der Waals surface area (Å²) >= 11 is 0. The number of carbonyl (C=O) groups is 1. The van der Waals surface area contributed by atoms with Gasteiger partial charge in [-0.05, 0) is 30.3 Å². The molecule has 0 bridgehead atoms. The fourth-order valence-corrected chi connectivity index (χ4v) is 2.38. The van der Waals surface area contributed by atoms with Gasteiger partial charge in [0.25, 0.3) is 5.91 Å². The van der Waals surface area contributed by atoms with Crippen LogP contribution in [-0.2, 0) is 0 Å². The second-order valence-electron chi connectivity index (χ2n) is 4.81. The van der Waals surface area contributed by atoms with Crippen LogP contribution in [-0.4, -0.2) is 24.8 Å². The quantitative estimate of drug-likeness (QED) is 0.539. The fraction of sp³-hybridized carbons (Fsp3) is 0. The molecule has 0 radical (unpaired) electrons. The lowest BCUT2D eigenvalue weighted by atomic mass is 10.2. The number of anilines is 1. The van der Waals surface area contributed by atoms with Crippen LogP contribution in [0.5, 0.6) is 0 Å². The predicted octanol–water partition coefficient (Wildman–Crippen LogP) is 1.95. The number of pyridine rings is 1. The van der Waals surface area contributed by atoms with Crippen LogP contribution in [0, 0.1) is 0 Å². The molecule has 2 N–H and O–H groups in total. The first-order valence-corrected chi connectivity index (χ1v) is 6.41. The van der Waals surface area contributed by atoms with Gasteiger partial charge in [0.05, 0.1) is 29.1 Å². The number of fused-ring (bicyclic) bond motifs is 2. The zero-order valence-electron chi connectivity index (χ0n) is 11.0. The van der Waals surface area contributed by atoms with Crippen LogP contribution in [0.4, 0.5) is 5.69 Å². The van der Waals surface area contributed by atoms with E-state index in [1.165, 1.54) is 10.9 Å². The molecule has 4 rings (SSSR count). The van der Waals surface area contributed by atoms with Crippen molar-refractivity contribution >= 4 is 28.1 Å². The molecule has 21 heavy (non-hydrogen) atoms. The van der Waals surface area contributed by atoms with Gasteiger partial charge in [-0.15, -0.1) is 0 Å². The standard InChI is InChI=1S/C15H11N5O/c16-11-1-2-14-13(6-11)18-9-20(14)15(21)10-3-4-19-8-17-7-12(19)5-10/h1-9H,16H2. The van der Waals surface area contributed by atoms with Gasteiger partial charge in [0, 0.05) is 17.4 Å². The maximum atomic E-state index is 12.6. The molecule has 0 aliphatic heterocycles. The molecule has 0 saturated heterocycles. The Hall–Kier alpha value is -3.15. The molecule has 0 atom stereocenters. The van der Waals surface area contributed by atoms with Gasteiger partial charge in [0.2, 0.25) is 0 Å². The molecule has 6 nitrogen and oxygen atoms in total. The molecule has 3 aromatic heterocycles. The lowest BCUT2D eigenvalue weighted by Gasteiger charge is -2.04. The minimum atomic E-state index is -0.133. The third-order valence-electron chi connectivity index (χ3n) is 3.45. The van der Waals surface area contributed by atoms with Crippen LogP contribution in [0.1, 0.15) is 10.4 Å². The fourth-order valence-electron chi connectivity index (χ4n) is 2.38. The van der Waals surface area contributed by atoms with Crippen molar-refractivity contribution in [3.05, 3.63) is 60.9 Å². The van der Waals surface area contributed by atoms with Crippen LogP contribution >= 0.6 is 0 Å². The summed E-state index contributed by atoms with van der Waals surface area (Å²) in [6.45, 7) is 0. The summed E-state index contributed by atoms with van der Waals surface area (Å²) in [7, 11) is 0. The van der Waals surface area contributed by atoms with Crippen molar-refractivity contribution in [2.75, 3.05) is 5.73 Å². The third kappa shape index (κ3) is 1.77. The summed E-state index contributed by atoms with van der Waals surface area (Å²) in [4.78, 5) is 20.9. The van der Waals surface area contributed by atoms with E-state index in [2.05, 4.69) is 9.97 Å². The van der Waals surface area contributed by atoms with Crippen molar-refractivity contribution in [1.29, 1.82) is 0 Å². The van der Waals surface area contributed by atoms with Gasteiger partial charge in [-0.25, -0.2) is 9.97 Å². The molecule has 0 aliphatic carbocycles. The largest absolute Gasteiger partial charge is 0.399 e. The minimum Gasteiger partial charge on any atom is -0.399 e. The average molecular weight is 277 g/mol. The summed E-state index contributed by atoms with van der Waals surface area (Å²) in [6.07, 6.45) is 6.74. The number of hydrogen-bond donors (Lipinski definition) is 1. The van der Waals surface area contributed by atoms with Crippen LogP contribution < -0.4 is 5.73 Å². The molecule has 0 spiro atoms. The molecular weight excluding hydrogens is 266 g/mol. The van der Waals surface area contributed by atoms with Gasteiger partial charge in [-0.1, -0.05) is 0 Å². The van der Waals surface area contributed by atoms with E-state index in [0.29, 0.717) is 16.8 Å². The Bertz CT molecular complexity index is 982. The van der Waals surface area contributed by atoms with Crippen molar-refractivity contribution in [2.45, 2.75) is 0 Å². The van der Waals surface area contributed by atoms with E-state index in [4.69, 9.17) is 5.73 Å². The van der Waals surface area contributed by atoms with E-state index in [1.807, 2.05) is 10.6 Å². The molecule has 4 aromatic rings. The number of hydrogen-bond acceptors (Lipinski definition) is 4. The highest BCUT2D eigenvalue weighted by Crippen LogP contribution is 2.18. The maximum Gasteiger partial charge on any atom is 0.263 e. The number of nitrogens with zero attached hydrogens (tertiary/aromatic N) is 4. The van der Waals surface area contributed by atoms with Crippen molar-refractivity contribution in [3.8, 4) is 0 Å². The second-order valence-corrected chi connectivity index (χ2v) is 4.81. The number of carbonyl (C=O) groups excluding carboxylic acids is 1. The minimum absolute atomic E-state index is 0.133. The smallest absolute Gasteiger partial charge is 0.263 e. The van der Waals surface area contributed by atoms with Crippen molar-refractivity contribution in [1.82, 2.24) is 18.9 Å². The van der Waals surface area contributed by atoms with Gasteiger partial charge in [-0.2, -0.15) is 0 Å². The summed E-state index contributed by atoms with van der Waals surface area (Å²) in [5.41, 5.74) is 9.25. The first-order valence-electron chi connectivity index (χ1n) is 6.41. The number of nitrogens with two attached hydrogens (primary N) is 1. The Labute approximate surface area is 119 Å². The second kappa shape index (κ2) is 4.17. The van der Waals surface area contributed by atoms with E-state index in [-0.39, 0.29) is 5.91 Å². The SMILES string of the molecule is Nc1ccc2c(c1)ncn2C(=O)c1ccn2cncc2c1. The van der Waals surface area contributed by atoms with Gasteiger partial charge in [-0.3, -0.25) is 9.36 Å². The normalized spacial score (nSPS) is 11.2. The Kier molecular flexibility index (Phi) is 2.32. The van der Waals surface area contributed by atoms with E-state index >= 15 is 0 Å². The summed E-state index contributed by atoms with van der Waals surface area (Å²) < 4.78 is 3.38. The molecule has 0 amide bonds. The number of benzene rings is 1. The number of nitrogen functional groups attached to an aromatic ring is 1. The van der Waals surface area contributed by atoms with Crippen LogP contribution in [0.2, 0.25) is 0 Å². The monoisotopic (exact) mass is 277 g/mol. The van der Waals surface area contributed by atoms with Crippen LogP contribution in [0.3, 0.4) is 0 Å². The summed E-state index contributed by atoms with van der Waals surface area (Å²) in [5, 5.41) is 0. The van der Waals surface area contributed by atoms with Gasteiger partial charge in [0.15, 0.2) is 0 Å². The number of imidazole rings is 2. The van der Waals surface area contributed by atoms with E-state index in [0.717, 1.165) is 11.0 Å². The Morgan fingerprint density at radius 2 is 2.05 bits per heavy atom. The Balaban J connectivity index is 1.85. The highest BCUT2D eigenvalue weighted by molar-refractivity contribution is 6.02. The zero-order chi connectivity index (χ0) is 14.4. The van der Waals surface area contributed by atoms with Crippen LogP contribution in [0.25, 0.3) is 16.6 Å². The summed E-state index contributed by atoms with van der Waals surface area (Å²) in [5.74, 6) is -0.133. The molecule has 0 aliphatic rings. The first-order chi connectivity index (χ1) is 10.2. The van der Waals surface area contributed by atoms with Crippen molar-refractivity contribution < 1.29 is 4.79 Å². The van der Waals surface area contributed by atoms with Gasteiger partial charge in [0.1, 0.15) is 6.33 Å². The maximum absolute atomic E-state index is 12.6. The third-order valence-corrected chi connectivity index (χ3v) is 3.45. The molecule has 0 fully saturated rings. The van der Waals surface area contributed by atoms with E-state index < -0.39 is 0 Å². The highest BCUT2D eigenvalue weighted by atomic mass is 16.2. The molecular formula is C15H11N5O. The van der Waals surface area contributed by atoms with Gasteiger partial charge < -0.3 is 10.1 Å². The molecule has 3 heterocycles. The topological polar surface area (TPSA) is 78.2 Å². The van der Waals surface area contributed by atoms with Crippen LogP contribution in [0.15, 0.2) is 55.4 Å². The number of aromatic nitrogens is 4. The van der Waals surface area contributed by atoms with E-state index in [1.54, 1.807) is 42.9 Å². The van der Waals surface area contributed by atoms with Crippen molar-refractivity contribution in [3.63, 3.8) is 0 Å². The lowest BCUT2D eigenvalue weighted by molar-refractivity contribution is 0.0964. The Morgan fingerprint density at radius 1 is 1.14 bits per heavy atom. The molecule has 102 valence electrons. The predicted molar refractivity (Wildman–Crippen MR) is 79.1 cm³/mol. The highest BCUT2D eigenvalue weighted by Gasteiger charge is 2.13. The molecule has 1 aromatic carbocycles. The van der Waals surface area contributed by atoms with Gasteiger partial charge >= 0.3 is 0 Å².